The van der Waals surface area contributed by atoms with Crippen molar-refractivity contribution in [3.05, 3.63) is 53.9 Å². The fourth-order valence-electron chi connectivity index (χ4n) is 3.18. The van der Waals surface area contributed by atoms with E-state index in [-0.39, 0.29) is 30.0 Å². The Morgan fingerprint density at radius 2 is 1.93 bits per heavy atom. The average molecular weight is 450 g/mol. The molecule has 0 radical (unpaired) electrons. The molecule has 2 heterocycles. The van der Waals surface area contributed by atoms with E-state index in [1.807, 2.05) is 13.8 Å². The highest BCUT2D eigenvalue weighted by molar-refractivity contribution is 8.08. The van der Waals surface area contributed by atoms with Crippen LogP contribution in [0.25, 0.3) is 4.91 Å². The molecule has 0 aliphatic carbocycles. The van der Waals surface area contributed by atoms with Gasteiger partial charge >= 0.3 is 6.16 Å². The van der Waals surface area contributed by atoms with Crippen LogP contribution in [0.1, 0.15) is 19.4 Å². The van der Waals surface area contributed by atoms with Crippen molar-refractivity contribution in [2.24, 2.45) is 5.92 Å². The van der Waals surface area contributed by atoms with Crippen LogP contribution >= 0.6 is 11.8 Å². The SMILES string of the molecule is CC(C)CN1C(OC(=O)O)=C(Sc2ccc3c(c2)OCO3)c2ccccc2S1(=O)=O. The molecule has 30 heavy (non-hydrogen) atoms. The highest BCUT2D eigenvalue weighted by Gasteiger charge is 2.39. The van der Waals surface area contributed by atoms with Crippen LogP contribution in [0.15, 0.2) is 58.1 Å². The minimum absolute atomic E-state index is 0.0609. The van der Waals surface area contributed by atoms with Gasteiger partial charge in [0, 0.05) is 17.0 Å². The third-order valence-electron chi connectivity index (χ3n) is 4.40. The first-order chi connectivity index (χ1) is 14.3. The van der Waals surface area contributed by atoms with Crippen molar-refractivity contribution in [2.75, 3.05) is 13.3 Å². The predicted octanol–water partition coefficient (Wildman–Crippen LogP) is 4.19. The third kappa shape index (κ3) is 3.68. The van der Waals surface area contributed by atoms with E-state index in [9.17, 15) is 18.3 Å². The van der Waals surface area contributed by atoms with Gasteiger partial charge in [-0.25, -0.2) is 17.5 Å². The normalized spacial score (nSPS) is 16.6. The summed E-state index contributed by atoms with van der Waals surface area (Å²) in [6.45, 7) is 3.89. The molecular weight excluding hydrogens is 430 g/mol. The summed E-state index contributed by atoms with van der Waals surface area (Å²) in [5.74, 6) is 0.896. The number of thioether (sulfide) groups is 1. The Labute approximate surface area is 178 Å². The molecule has 2 aliphatic rings. The average Bonchev–Trinajstić information content (AvgIpc) is 3.15. The standard InChI is InChI=1S/C20H19NO7S2/c1-12(2)10-21-19(28-20(22)23)18(14-5-3-4-6-17(14)30(21,24)25)29-13-7-8-15-16(9-13)27-11-26-15/h3-9,12H,10-11H2,1-2H3,(H,22,23). The second-order valence-electron chi connectivity index (χ2n) is 7.05. The van der Waals surface area contributed by atoms with E-state index in [4.69, 9.17) is 14.2 Å². The van der Waals surface area contributed by atoms with Gasteiger partial charge in [0.15, 0.2) is 11.5 Å². The molecule has 0 spiro atoms. The minimum atomic E-state index is -3.98. The molecular formula is C20H19NO7S2. The molecule has 0 saturated heterocycles. The van der Waals surface area contributed by atoms with E-state index in [0.717, 1.165) is 9.20 Å². The van der Waals surface area contributed by atoms with E-state index in [2.05, 4.69) is 0 Å². The molecule has 0 aromatic heterocycles. The summed E-state index contributed by atoms with van der Waals surface area (Å²) in [7, 11) is -3.98. The maximum Gasteiger partial charge on any atom is 0.512 e. The molecule has 2 aromatic rings. The van der Waals surface area contributed by atoms with Crippen LogP contribution in [0.5, 0.6) is 11.5 Å². The fraction of sp³-hybridized carbons (Fsp3) is 0.250. The Kier molecular flexibility index (Phi) is 5.29. The molecule has 0 fully saturated rings. The smallest absolute Gasteiger partial charge is 0.454 e. The Morgan fingerprint density at radius 3 is 2.67 bits per heavy atom. The molecule has 0 unspecified atom stereocenters. The molecule has 8 nitrogen and oxygen atoms in total. The number of rotatable bonds is 5. The molecule has 0 bridgehead atoms. The first-order valence-corrected chi connectivity index (χ1v) is 11.4. The zero-order valence-electron chi connectivity index (χ0n) is 16.2. The van der Waals surface area contributed by atoms with Crippen LogP contribution in [-0.4, -0.2) is 37.3 Å². The number of nitrogens with zero attached hydrogens (tertiary/aromatic N) is 1. The van der Waals surface area contributed by atoms with Gasteiger partial charge in [0.2, 0.25) is 12.7 Å². The molecule has 0 amide bonds. The van der Waals surface area contributed by atoms with Crippen LogP contribution in [0.2, 0.25) is 0 Å². The van der Waals surface area contributed by atoms with Crippen molar-refractivity contribution in [3.8, 4) is 11.5 Å². The van der Waals surface area contributed by atoms with Crippen LogP contribution in [0, 0.1) is 5.92 Å². The van der Waals surface area contributed by atoms with Crippen LogP contribution in [-0.2, 0) is 14.8 Å². The molecule has 1 N–H and O–H groups in total. The van der Waals surface area contributed by atoms with Crippen molar-refractivity contribution < 1.29 is 32.5 Å². The van der Waals surface area contributed by atoms with Crippen molar-refractivity contribution >= 4 is 32.8 Å². The summed E-state index contributed by atoms with van der Waals surface area (Å²) in [6.07, 6.45) is -1.59. The van der Waals surface area contributed by atoms with Gasteiger partial charge in [0.25, 0.3) is 10.0 Å². The first-order valence-electron chi connectivity index (χ1n) is 9.12. The lowest BCUT2D eigenvalue weighted by Gasteiger charge is -2.33. The molecule has 0 saturated carbocycles. The van der Waals surface area contributed by atoms with Gasteiger partial charge in [0.1, 0.15) is 0 Å². The number of hydrogen-bond donors (Lipinski definition) is 1. The van der Waals surface area contributed by atoms with Gasteiger partial charge in [0.05, 0.1) is 9.80 Å². The zero-order chi connectivity index (χ0) is 21.5. The number of carboxylic acid groups (broad SMARTS) is 1. The van der Waals surface area contributed by atoms with Crippen molar-refractivity contribution in [1.29, 1.82) is 0 Å². The van der Waals surface area contributed by atoms with Gasteiger partial charge < -0.3 is 19.3 Å². The number of carbonyl (C=O) groups is 1. The largest absolute Gasteiger partial charge is 0.512 e. The van der Waals surface area contributed by atoms with Gasteiger partial charge in [-0.3, -0.25) is 0 Å². The zero-order valence-corrected chi connectivity index (χ0v) is 17.8. The lowest BCUT2D eigenvalue weighted by Crippen LogP contribution is -2.38. The van der Waals surface area contributed by atoms with Crippen molar-refractivity contribution in [2.45, 2.75) is 23.6 Å². The molecule has 2 aliphatic heterocycles. The number of sulfonamides is 1. The van der Waals surface area contributed by atoms with E-state index < -0.39 is 16.2 Å². The third-order valence-corrected chi connectivity index (χ3v) is 7.29. The molecule has 158 valence electrons. The Balaban J connectivity index is 1.89. The van der Waals surface area contributed by atoms with E-state index in [1.54, 1.807) is 36.4 Å². The molecule has 4 rings (SSSR count). The van der Waals surface area contributed by atoms with Crippen molar-refractivity contribution in [3.63, 3.8) is 0 Å². The first kappa shape index (κ1) is 20.4. The van der Waals surface area contributed by atoms with E-state index in [0.29, 0.717) is 22.0 Å². The number of ether oxygens (including phenoxy) is 3. The summed E-state index contributed by atoms with van der Waals surface area (Å²) in [4.78, 5) is 12.7. The Bertz CT molecular complexity index is 1140. The van der Waals surface area contributed by atoms with E-state index in [1.165, 1.54) is 17.8 Å². The number of hydrogen-bond acceptors (Lipinski definition) is 7. The molecule has 2 aromatic carbocycles. The second kappa shape index (κ2) is 7.77. The summed E-state index contributed by atoms with van der Waals surface area (Å²) < 4.78 is 43.3. The summed E-state index contributed by atoms with van der Waals surface area (Å²) in [5, 5.41) is 9.32. The fourth-order valence-corrected chi connectivity index (χ4v) is 6.15. The number of fused-ring (bicyclic) bond motifs is 2. The van der Waals surface area contributed by atoms with Crippen LogP contribution in [0.4, 0.5) is 4.79 Å². The summed E-state index contributed by atoms with van der Waals surface area (Å²) >= 11 is 1.20. The summed E-state index contributed by atoms with van der Waals surface area (Å²) in [5.41, 5.74) is 0.386. The maximum absolute atomic E-state index is 13.3. The Hall–Kier alpha value is -2.85. The van der Waals surface area contributed by atoms with Gasteiger partial charge in [-0.05, 0) is 30.2 Å². The molecule has 0 atom stereocenters. The van der Waals surface area contributed by atoms with Gasteiger partial charge in [-0.1, -0.05) is 43.8 Å². The van der Waals surface area contributed by atoms with Gasteiger partial charge in [-0.15, -0.1) is 0 Å². The monoisotopic (exact) mass is 449 g/mol. The Morgan fingerprint density at radius 1 is 1.20 bits per heavy atom. The lowest BCUT2D eigenvalue weighted by molar-refractivity contribution is 0.101. The van der Waals surface area contributed by atoms with E-state index >= 15 is 0 Å². The van der Waals surface area contributed by atoms with Crippen molar-refractivity contribution in [1.82, 2.24) is 4.31 Å². The number of benzene rings is 2. The topological polar surface area (TPSA) is 102 Å². The van der Waals surface area contributed by atoms with Crippen LogP contribution < -0.4 is 9.47 Å². The summed E-state index contributed by atoms with van der Waals surface area (Å²) in [6, 6.07) is 11.8. The highest BCUT2D eigenvalue weighted by Crippen LogP contribution is 2.47. The maximum atomic E-state index is 13.3. The lowest BCUT2D eigenvalue weighted by atomic mass is 10.2. The minimum Gasteiger partial charge on any atom is -0.454 e. The molecule has 10 heteroatoms. The second-order valence-corrected chi connectivity index (χ2v) is 9.96. The quantitative estimate of drug-likeness (QED) is 0.678. The highest BCUT2D eigenvalue weighted by atomic mass is 32.2. The van der Waals surface area contributed by atoms with Gasteiger partial charge in [-0.2, -0.15) is 0 Å². The van der Waals surface area contributed by atoms with Crippen LogP contribution in [0.3, 0.4) is 0 Å². The predicted molar refractivity (Wildman–Crippen MR) is 110 cm³/mol.